The fourth-order valence-corrected chi connectivity index (χ4v) is 4.06. The number of nitrogens with one attached hydrogen (secondary N) is 1. The van der Waals surface area contributed by atoms with Crippen LogP contribution < -0.4 is 5.32 Å². The summed E-state index contributed by atoms with van der Waals surface area (Å²) >= 11 is 6.25. The molecule has 2 fully saturated rings. The topological polar surface area (TPSA) is 46.1 Å². The summed E-state index contributed by atoms with van der Waals surface area (Å²) in [5.41, 5.74) is 1.15. The summed E-state index contributed by atoms with van der Waals surface area (Å²) in [6.07, 6.45) is 7.18. The lowest BCUT2D eigenvalue weighted by atomic mass is 10.1. The summed E-state index contributed by atoms with van der Waals surface area (Å²) < 4.78 is 11.9. The molecule has 6 heteroatoms. The fraction of sp³-hybridized carbons (Fsp3) is 0.682. The Balaban J connectivity index is 1.43. The summed E-state index contributed by atoms with van der Waals surface area (Å²) in [6.45, 7) is 7.33. The van der Waals surface area contributed by atoms with E-state index >= 15 is 0 Å². The Morgan fingerprint density at radius 2 is 2.07 bits per heavy atom. The first-order chi connectivity index (χ1) is 13.8. The second-order valence-corrected chi connectivity index (χ2v) is 7.99. The van der Waals surface area contributed by atoms with Gasteiger partial charge in [0.05, 0.1) is 18.8 Å². The summed E-state index contributed by atoms with van der Waals surface area (Å²) in [7, 11) is 0. The lowest BCUT2D eigenvalue weighted by Gasteiger charge is -2.35. The molecular formula is C22H34ClN3O2. The minimum atomic E-state index is 0.301. The summed E-state index contributed by atoms with van der Waals surface area (Å²) in [4.78, 5) is 7.18. The monoisotopic (exact) mass is 407 g/mol. The zero-order chi connectivity index (χ0) is 19.6. The predicted octanol–water partition coefficient (Wildman–Crippen LogP) is 3.90. The van der Waals surface area contributed by atoms with Crippen molar-refractivity contribution >= 4 is 17.6 Å². The number of nitrogens with zero attached hydrogens (tertiary/aromatic N) is 2. The van der Waals surface area contributed by atoms with Gasteiger partial charge in [-0.15, -0.1) is 0 Å². The van der Waals surface area contributed by atoms with Crippen molar-refractivity contribution in [3.05, 3.63) is 34.9 Å². The largest absolute Gasteiger partial charge is 0.376 e. The second kappa shape index (κ2) is 11.6. The van der Waals surface area contributed by atoms with E-state index in [1.807, 2.05) is 18.2 Å². The first kappa shape index (κ1) is 21.4. The van der Waals surface area contributed by atoms with Gasteiger partial charge in [0, 0.05) is 37.8 Å². The third kappa shape index (κ3) is 6.64. The van der Waals surface area contributed by atoms with Crippen molar-refractivity contribution in [3.8, 4) is 0 Å². The Morgan fingerprint density at radius 3 is 2.79 bits per heavy atom. The molecule has 0 amide bonds. The van der Waals surface area contributed by atoms with Gasteiger partial charge in [0.25, 0.3) is 0 Å². The highest BCUT2D eigenvalue weighted by atomic mass is 35.5. The number of guanidine groups is 1. The lowest BCUT2D eigenvalue weighted by molar-refractivity contribution is -0.0721. The normalized spacial score (nSPS) is 21.7. The van der Waals surface area contributed by atoms with Crippen molar-refractivity contribution in [1.29, 1.82) is 0 Å². The number of likely N-dealkylation sites (tertiary alicyclic amines) is 1. The van der Waals surface area contributed by atoms with Crippen molar-refractivity contribution in [3.63, 3.8) is 0 Å². The van der Waals surface area contributed by atoms with Gasteiger partial charge in [0.2, 0.25) is 0 Å². The molecule has 1 aromatic carbocycles. The van der Waals surface area contributed by atoms with Crippen molar-refractivity contribution in [2.75, 3.05) is 39.4 Å². The summed E-state index contributed by atoms with van der Waals surface area (Å²) in [5.74, 6) is 1.00. The molecule has 1 N–H and O–H groups in total. The number of rotatable bonds is 7. The molecule has 2 saturated heterocycles. The number of benzene rings is 1. The van der Waals surface area contributed by atoms with Crippen molar-refractivity contribution < 1.29 is 9.47 Å². The smallest absolute Gasteiger partial charge is 0.193 e. The number of ether oxygens (including phenoxy) is 2. The van der Waals surface area contributed by atoms with E-state index < -0.39 is 0 Å². The molecule has 0 saturated carbocycles. The van der Waals surface area contributed by atoms with Crippen LogP contribution in [0.15, 0.2) is 29.3 Å². The van der Waals surface area contributed by atoms with E-state index in [0.29, 0.717) is 12.2 Å². The highest BCUT2D eigenvalue weighted by Crippen LogP contribution is 2.18. The summed E-state index contributed by atoms with van der Waals surface area (Å²) in [6, 6.07) is 8.00. The third-order valence-corrected chi connectivity index (χ3v) is 5.84. The minimum Gasteiger partial charge on any atom is -0.376 e. The molecule has 0 aromatic heterocycles. The van der Waals surface area contributed by atoms with E-state index in [1.165, 1.54) is 12.8 Å². The molecule has 0 bridgehead atoms. The van der Waals surface area contributed by atoms with E-state index in [-0.39, 0.29) is 0 Å². The predicted molar refractivity (Wildman–Crippen MR) is 115 cm³/mol. The van der Waals surface area contributed by atoms with Gasteiger partial charge < -0.3 is 19.7 Å². The number of piperidine rings is 1. The molecular weight excluding hydrogens is 374 g/mol. The quantitative estimate of drug-likeness (QED) is 0.550. The van der Waals surface area contributed by atoms with E-state index in [9.17, 15) is 0 Å². The van der Waals surface area contributed by atoms with Crippen LogP contribution in [0.2, 0.25) is 5.02 Å². The number of hydrogen-bond acceptors (Lipinski definition) is 3. The van der Waals surface area contributed by atoms with Crippen molar-refractivity contribution in [1.82, 2.24) is 10.2 Å². The summed E-state index contributed by atoms with van der Waals surface area (Å²) in [5, 5.41) is 4.26. The molecule has 28 heavy (non-hydrogen) atoms. The van der Waals surface area contributed by atoms with Crippen LogP contribution in [-0.2, 0) is 15.9 Å². The molecule has 3 rings (SSSR count). The standard InChI is InChI=1S/C22H34ClN3O2/c1-2-24-22(25-13-10-18-7-3-4-9-21(18)23)26-14-11-19(12-15-26)28-17-20-8-5-6-16-27-20/h3-4,7,9,19-20H,2,5-6,8,10-17H2,1H3,(H,24,25). The third-order valence-electron chi connectivity index (χ3n) is 5.47. The van der Waals surface area contributed by atoms with Crippen LogP contribution in [-0.4, -0.2) is 62.5 Å². The molecule has 156 valence electrons. The average molecular weight is 408 g/mol. The average Bonchev–Trinajstić information content (AvgIpc) is 2.74. The molecule has 2 aliphatic rings. The molecule has 2 heterocycles. The van der Waals surface area contributed by atoms with Crippen LogP contribution >= 0.6 is 11.6 Å². The highest BCUT2D eigenvalue weighted by molar-refractivity contribution is 6.31. The van der Waals surface area contributed by atoms with Crippen molar-refractivity contribution in [2.24, 2.45) is 4.99 Å². The van der Waals surface area contributed by atoms with Crippen LogP contribution in [0.1, 0.15) is 44.6 Å². The van der Waals surface area contributed by atoms with Gasteiger partial charge >= 0.3 is 0 Å². The SMILES string of the molecule is CCNC(=NCCc1ccccc1Cl)N1CCC(OCC2CCCCO2)CC1. The van der Waals surface area contributed by atoms with Crippen LogP contribution in [0, 0.1) is 0 Å². The molecule has 0 aliphatic carbocycles. The first-order valence-electron chi connectivity index (χ1n) is 10.8. The zero-order valence-corrected chi connectivity index (χ0v) is 17.8. The molecule has 0 spiro atoms. The Labute approximate surface area is 174 Å². The van der Waals surface area contributed by atoms with Gasteiger partial charge in [-0.2, -0.15) is 0 Å². The van der Waals surface area contributed by atoms with Crippen LogP contribution in [0.3, 0.4) is 0 Å². The van der Waals surface area contributed by atoms with Gasteiger partial charge in [-0.05, 0) is 57.1 Å². The van der Waals surface area contributed by atoms with E-state index in [0.717, 1.165) is 81.6 Å². The number of halogens is 1. The second-order valence-electron chi connectivity index (χ2n) is 7.59. The maximum atomic E-state index is 6.25. The molecule has 1 unspecified atom stereocenters. The Kier molecular flexibility index (Phi) is 8.90. The zero-order valence-electron chi connectivity index (χ0n) is 17.0. The fourth-order valence-electron chi connectivity index (χ4n) is 3.83. The molecule has 1 aromatic rings. The highest BCUT2D eigenvalue weighted by Gasteiger charge is 2.23. The van der Waals surface area contributed by atoms with Crippen LogP contribution in [0.25, 0.3) is 0 Å². The van der Waals surface area contributed by atoms with Gasteiger partial charge in [0.15, 0.2) is 5.96 Å². The van der Waals surface area contributed by atoms with E-state index in [2.05, 4.69) is 23.2 Å². The maximum Gasteiger partial charge on any atom is 0.193 e. The number of hydrogen-bond donors (Lipinski definition) is 1. The van der Waals surface area contributed by atoms with Gasteiger partial charge in [-0.3, -0.25) is 4.99 Å². The van der Waals surface area contributed by atoms with Gasteiger partial charge in [0.1, 0.15) is 0 Å². The van der Waals surface area contributed by atoms with Crippen LogP contribution in [0.4, 0.5) is 0 Å². The molecule has 1 atom stereocenters. The van der Waals surface area contributed by atoms with Crippen molar-refractivity contribution in [2.45, 2.75) is 57.7 Å². The minimum absolute atomic E-state index is 0.301. The molecule has 2 aliphatic heterocycles. The Morgan fingerprint density at radius 1 is 1.25 bits per heavy atom. The van der Waals surface area contributed by atoms with Gasteiger partial charge in [-0.1, -0.05) is 29.8 Å². The Hall–Kier alpha value is -1.30. The maximum absolute atomic E-state index is 6.25. The number of aliphatic imine (C=N–C) groups is 1. The Bertz CT molecular complexity index is 612. The van der Waals surface area contributed by atoms with E-state index in [4.69, 9.17) is 26.1 Å². The molecule has 0 radical (unpaired) electrons. The lowest BCUT2D eigenvalue weighted by Crippen LogP contribution is -2.47. The van der Waals surface area contributed by atoms with E-state index in [1.54, 1.807) is 0 Å². The van der Waals surface area contributed by atoms with Gasteiger partial charge in [-0.25, -0.2) is 0 Å². The van der Waals surface area contributed by atoms with Crippen LogP contribution in [0.5, 0.6) is 0 Å². The first-order valence-corrected chi connectivity index (χ1v) is 11.1. The molecule has 5 nitrogen and oxygen atoms in total.